The summed E-state index contributed by atoms with van der Waals surface area (Å²) in [5.74, 6) is -2.54. The van der Waals surface area contributed by atoms with Crippen LogP contribution < -0.4 is 15.3 Å². The van der Waals surface area contributed by atoms with E-state index in [1.54, 1.807) is 58.9 Å². The van der Waals surface area contributed by atoms with Gasteiger partial charge >= 0.3 is 25.7 Å². The van der Waals surface area contributed by atoms with Gasteiger partial charge in [-0.3, -0.25) is 18.9 Å². The molecule has 0 spiro atoms. The fraction of sp³-hybridized carbons (Fsp3) is 0.605. The number of ether oxygens (including phenoxy) is 5. The normalized spacial score (nSPS) is 23.7. The maximum Gasteiger partial charge on any atom is 0.459 e. The lowest BCUT2D eigenvalue weighted by Crippen LogP contribution is -2.46. The van der Waals surface area contributed by atoms with Gasteiger partial charge in [0.25, 0.3) is 0 Å². The van der Waals surface area contributed by atoms with Gasteiger partial charge in [-0.05, 0) is 49.1 Å². The summed E-state index contributed by atoms with van der Waals surface area (Å²) in [7, 11) is -4.45. The zero-order chi connectivity index (χ0) is 40.3. The van der Waals surface area contributed by atoms with Crippen LogP contribution in [0.2, 0.25) is 0 Å². The van der Waals surface area contributed by atoms with E-state index in [-0.39, 0.29) is 23.1 Å². The molecule has 1 aromatic carbocycles. The topological polar surface area (TPSA) is 201 Å². The Labute approximate surface area is 321 Å². The predicted molar refractivity (Wildman–Crippen MR) is 201 cm³/mol. The first kappa shape index (κ1) is 42.1. The van der Waals surface area contributed by atoms with Crippen molar-refractivity contribution >= 4 is 37.0 Å². The molecule has 2 aliphatic heterocycles. The Morgan fingerprint density at radius 1 is 0.964 bits per heavy atom. The van der Waals surface area contributed by atoms with Crippen LogP contribution in [0.25, 0.3) is 5.52 Å². The number of nitrogen functional groups attached to an aromatic ring is 1. The highest BCUT2D eigenvalue weighted by atomic mass is 31.2. The number of carbonyl (C=O) groups excluding carboxylic acids is 3. The van der Waals surface area contributed by atoms with Crippen molar-refractivity contribution in [2.75, 3.05) is 25.6 Å². The molecule has 3 N–H and O–H groups in total. The van der Waals surface area contributed by atoms with Gasteiger partial charge in [0.2, 0.25) is 0 Å². The number of aromatic nitrogens is 3. The second-order valence-electron chi connectivity index (χ2n) is 15.8. The van der Waals surface area contributed by atoms with Gasteiger partial charge in [-0.2, -0.15) is 10.2 Å². The summed E-state index contributed by atoms with van der Waals surface area (Å²) in [6, 6.07) is 9.27. The van der Waals surface area contributed by atoms with E-state index in [0.717, 1.165) is 5.56 Å². The van der Waals surface area contributed by atoms with Crippen LogP contribution in [0.3, 0.4) is 0 Å². The Morgan fingerprint density at radius 2 is 1.60 bits per heavy atom. The van der Waals surface area contributed by atoms with Gasteiger partial charge in [0, 0.05) is 12.8 Å². The molecule has 0 bridgehead atoms. The second-order valence-corrected chi connectivity index (χ2v) is 17.4. The Morgan fingerprint density at radius 3 is 2.22 bits per heavy atom. The summed E-state index contributed by atoms with van der Waals surface area (Å²) in [5.41, 5.74) is 6.35. The van der Waals surface area contributed by atoms with Gasteiger partial charge in [-0.1, -0.05) is 60.6 Å². The van der Waals surface area contributed by atoms with Crippen LogP contribution in [-0.2, 0) is 58.2 Å². The minimum Gasteiger partial charge on any atom is -0.461 e. The first-order chi connectivity index (χ1) is 25.8. The zero-order valence-electron chi connectivity index (χ0n) is 33.0. The number of fused-ring (bicyclic) bond motifs is 1. The molecule has 0 radical (unpaired) electrons. The number of nitrogens with zero attached hydrogens (tertiary/aromatic N) is 3. The van der Waals surface area contributed by atoms with Crippen LogP contribution >= 0.6 is 7.75 Å². The molecule has 3 aromatic rings. The molecule has 0 saturated carbocycles. The first-order valence-corrected chi connectivity index (χ1v) is 20.1. The SMILES string of the molecule is CC(C)C(=O)O[C@H]1[C@@H](OC(=O)C(C)C)[C@](C)(c2ccc3c(N)ncnn23)O[C@@H]1COP(=O)(N[C@@H](C)C(=O)OC1CCOCC1)Oc1ccc(C(C)(C)C)cc1. The number of hydrogen-bond donors (Lipinski definition) is 2. The molecular weight excluding hydrogens is 733 g/mol. The van der Waals surface area contributed by atoms with E-state index < -0.39 is 74.1 Å². The van der Waals surface area contributed by atoms with Gasteiger partial charge in [-0.15, -0.1) is 0 Å². The Hall–Kier alpha value is -4.08. The molecule has 302 valence electrons. The standard InChI is InChI=1S/C38H54N5O11P/c1-22(2)34(44)51-31-29(53-38(9,32(31)52-35(45)23(3)4)30-15-14-28-33(39)40-21-41-43(28)30)20-49-55(47,54-27-12-10-25(11-13-27)37(6,7)8)42-24(5)36(46)50-26-16-18-48-19-17-26/h10-15,21-24,26,29,31-32H,16-20H2,1-9H3,(H,42,47)(H2,39,40,41)/t24-,29+,31+,32+,38-,55?/m0/s1. The number of hydrogen-bond acceptors (Lipinski definition) is 14. The third-order valence-corrected chi connectivity index (χ3v) is 11.2. The molecule has 2 aliphatic rings. The molecule has 2 fully saturated rings. The number of anilines is 1. The van der Waals surface area contributed by atoms with Crippen LogP contribution in [0.4, 0.5) is 5.82 Å². The molecule has 55 heavy (non-hydrogen) atoms. The molecule has 2 saturated heterocycles. The Bertz CT molecular complexity index is 1870. The third-order valence-electron chi connectivity index (χ3n) is 9.54. The number of benzene rings is 1. The highest BCUT2D eigenvalue weighted by molar-refractivity contribution is 7.52. The Balaban J connectivity index is 1.50. The van der Waals surface area contributed by atoms with Crippen LogP contribution in [0.15, 0.2) is 42.7 Å². The minimum absolute atomic E-state index is 0.160. The number of nitrogens with one attached hydrogen (secondary N) is 1. The second kappa shape index (κ2) is 17.0. The largest absolute Gasteiger partial charge is 0.461 e. The van der Waals surface area contributed by atoms with Crippen molar-refractivity contribution in [3.63, 3.8) is 0 Å². The van der Waals surface area contributed by atoms with Crippen LogP contribution in [0, 0.1) is 11.8 Å². The van der Waals surface area contributed by atoms with Crippen molar-refractivity contribution < 1.29 is 51.7 Å². The fourth-order valence-electron chi connectivity index (χ4n) is 6.24. The van der Waals surface area contributed by atoms with Gasteiger partial charge in [0.1, 0.15) is 41.4 Å². The van der Waals surface area contributed by atoms with E-state index in [9.17, 15) is 18.9 Å². The van der Waals surface area contributed by atoms with E-state index in [0.29, 0.717) is 37.3 Å². The molecular formula is C38H54N5O11P. The quantitative estimate of drug-likeness (QED) is 0.122. The van der Waals surface area contributed by atoms with Crippen molar-refractivity contribution in [1.29, 1.82) is 0 Å². The molecule has 5 rings (SSSR count). The van der Waals surface area contributed by atoms with Crippen LogP contribution in [0.1, 0.15) is 86.4 Å². The number of rotatable bonds is 14. The van der Waals surface area contributed by atoms with Crippen LogP contribution in [0.5, 0.6) is 5.75 Å². The number of nitrogens with two attached hydrogens (primary N) is 1. The van der Waals surface area contributed by atoms with Crippen molar-refractivity contribution in [2.24, 2.45) is 11.8 Å². The average molecular weight is 788 g/mol. The third kappa shape index (κ3) is 9.84. The monoisotopic (exact) mass is 787 g/mol. The first-order valence-electron chi connectivity index (χ1n) is 18.6. The molecule has 0 aliphatic carbocycles. The van der Waals surface area contributed by atoms with E-state index in [2.05, 4.69) is 35.9 Å². The molecule has 0 amide bonds. The highest BCUT2D eigenvalue weighted by Crippen LogP contribution is 2.49. The van der Waals surface area contributed by atoms with Crippen molar-refractivity contribution in [1.82, 2.24) is 19.7 Å². The zero-order valence-corrected chi connectivity index (χ0v) is 33.9. The maximum absolute atomic E-state index is 14.7. The lowest BCUT2D eigenvalue weighted by atomic mass is 9.87. The van der Waals surface area contributed by atoms with E-state index >= 15 is 0 Å². The summed E-state index contributed by atoms with van der Waals surface area (Å²) in [6.45, 7) is 16.4. The molecule has 2 aromatic heterocycles. The molecule has 17 heteroatoms. The number of carbonyl (C=O) groups is 3. The van der Waals surface area contributed by atoms with E-state index in [1.807, 2.05) is 12.1 Å². The maximum atomic E-state index is 14.7. The van der Waals surface area contributed by atoms with Crippen molar-refractivity contribution in [2.45, 2.75) is 117 Å². The van der Waals surface area contributed by atoms with E-state index in [4.69, 9.17) is 38.5 Å². The van der Waals surface area contributed by atoms with Gasteiger partial charge in [0.15, 0.2) is 18.0 Å². The van der Waals surface area contributed by atoms with Gasteiger partial charge in [0.05, 0.1) is 37.4 Å². The Kier molecular flexibility index (Phi) is 13.0. The summed E-state index contributed by atoms with van der Waals surface area (Å²) < 4.78 is 58.2. The molecule has 4 heterocycles. The smallest absolute Gasteiger partial charge is 0.459 e. The fourth-order valence-corrected chi connectivity index (χ4v) is 7.74. The van der Waals surface area contributed by atoms with Crippen LogP contribution in [-0.4, -0.2) is 82.8 Å². The van der Waals surface area contributed by atoms with Gasteiger partial charge < -0.3 is 33.9 Å². The van der Waals surface area contributed by atoms with Crippen molar-refractivity contribution in [3.8, 4) is 5.75 Å². The molecule has 1 unspecified atom stereocenters. The average Bonchev–Trinajstić information content (AvgIpc) is 3.68. The predicted octanol–water partition coefficient (Wildman–Crippen LogP) is 5.26. The summed E-state index contributed by atoms with van der Waals surface area (Å²) in [6.07, 6.45) is -1.69. The van der Waals surface area contributed by atoms with Gasteiger partial charge in [-0.25, -0.2) is 14.1 Å². The summed E-state index contributed by atoms with van der Waals surface area (Å²) >= 11 is 0. The summed E-state index contributed by atoms with van der Waals surface area (Å²) in [4.78, 5) is 43.8. The highest BCUT2D eigenvalue weighted by Gasteiger charge is 2.59. The lowest BCUT2D eigenvalue weighted by molar-refractivity contribution is -0.175. The van der Waals surface area contributed by atoms with E-state index in [1.165, 1.54) is 17.8 Å². The van der Waals surface area contributed by atoms with Crippen molar-refractivity contribution in [3.05, 3.63) is 54.0 Å². The minimum atomic E-state index is -4.45. The lowest BCUT2D eigenvalue weighted by Gasteiger charge is -2.31. The molecule has 6 atom stereocenters. The number of esters is 3. The summed E-state index contributed by atoms with van der Waals surface area (Å²) in [5, 5.41) is 7.10. The molecule has 16 nitrogen and oxygen atoms in total.